The molecule has 7 heteroatoms. The zero-order valence-corrected chi connectivity index (χ0v) is 20.8. The van der Waals surface area contributed by atoms with Gasteiger partial charge in [0.2, 0.25) is 0 Å². The molecule has 0 spiro atoms. The highest BCUT2D eigenvalue weighted by Gasteiger charge is 2.57. The van der Waals surface area contributed by atoms with Crippen LogP contribution in [0.1, 0.15) is 36.0 Å². The van der Waals surface area contributed by atoms with Crippen LogP contribution in [0.25, 0.3) is 0 Å². The van der Waals surface area contributed by atoms with Crippen molar-refractivity contribution in [2.75, 3.05) is 7.11 Å². The van der Waals surface area contributed by atoms with Gasteiger partial charge < -0.3 is 19.3 Å². The van der Waals surface area contributed by atoms with E-state index in [1.165, 1.54) is 14.0 Å². The predicted octanol–water partition coefficient (Wildman–Crippen LogP) is 4.22. The summed E-state index contributed by atoms with van der Waals surface area (Å²) in [7, 11) is 1.53. The van der Waals surface area contributed by atoms with Gasteiger partial charge in [0, 0.05) is 12.3 Å². The van der Waals surface area contributed by atoms with Crippen molar-refractivity contribution in [2.24, 2.45) is 11.8 Å². The average Bonchev–Trinajstić information content (AvgIpc) is 2.90. The molecular weight excluding hydrogens is 472 g/mol. The lowest BCUT2D eigenvalue weighted by molar-refractivity contribution is -0.174. The highest BCUT2D eigenvalue weighted by Crippen LogP contribution is 2.47. The summed E-state index contributed by atoms with van der Waals surface area (Å²) < 4.78 is 16.4. The minimum atomic E-state index is -1.73. The monoisotopic (exact) mass is 502 g/mol. The Labute approximate surface area is 216 Å². The molecule has 0 amide bonds. The van der Waals surface area contributed by atoms with Gasteiger partial charge in [-0.1, -0.05) is 72.8 Å². The van der Waals surface area contributed by atoms with Crippen molar-refractivity contribution < 1.29 is 33.7 Å². The molecule has 4 rings (SSSR count). The summed E-state index contributed by atoms with van der Waals surface area (Å²) in [5.41, 5.74) is 0.344. The Morgan fingerprint density at radius 2 is 1.35 bits per heavy atom. The van der Waals surface area contributed by atoms with Crippen LogP contribution in [0.5, 0.6) is 5.75 Å². The summed E-state index contributed by atoms with van der Waals surface area (Å²) in [5, 5.41) is 11.3. The molecule has 1 aliphatic rings. The van der Waals surface area contributed by atoms with Gasteiger partial charge in [-0.05, 0) is 35.7 Å². The van der Waals surface area contributed by atoms with Gasteiger partial charge >= 0.3 is 11.9 Å². The zero-order valence-electron chi connectivity index (χ0n) is 20.8. The second-order valence-electron chi connectivity index (χ2n) is 9.44. The van der Waals surface area contributed by atoms with Crippen molar-refractivity contribution in [3.63, 3.8) is 0 Å². The maximum atomic E-state index is 13.5. The maximum Gasteiger partial charge on any atom is 0.317 e. The predicted molar refractivity (Wildman–Crippen MR) is 135 cm³/mol. The molecule has 1 aliphatic carbocycles. The summed E-state index contributed by atoms with van der Waals surface area (Å²) in [6.07, 6.45) is -0.379. The first-order valence-corrected chi connectivity index (χ1v) is 12.1. The standard InChI is InChI=1S/C30H30O7/c1-30(34)17-24(31)26(28(32)36-18-20-9-5-3-6-10-20)25(22-13-15-23(35-2)16-14-22)27(30)29(33)37-19-21-11-7-4-8-12-21/h3-16,25-27,34H,17-19H2,1-2H3/t25-,26-,27+,30+/m1/s1. The number of carbonyl (C=O) groups is 3. The molecule has 1 fully saturated rings. The molecule has 192 valence electrons. The Hall–Kier alpha value is -3.97. The Morgan fingerprint density at radius 1 is 0.838 bits per heavy atom. The number of methoxy groups -OCH3 is 1. The molecule has 7 nitrogen and oxygen atoms in total. The zero-order chi connectivity index (χ0) is 26.4. The Kier molecular flexibility index (Phi) is 8.04. The van der Waals surface area contributed by atoms with Gasteiger partial charge in [0.25, 0.3) is 0 Å². The van der Waals surface area contributed by atoms with Crippen LogP contribution in [0.4, 0.5) is 0 Å². The summed E-state index contributed by atoms with van der Waals surface area (Å²) in [4.78, 5) is 40.1. The van der Waals surface area contributed by atoms with E-state index in [4.69, 9.17) is 14.2 Å². The molecular formula is C30H30O7. The number of Topliss-reactive ketones (excluding diaryl/α,β-unsaturated/α-hetero) is 1. The van der Waals surface area contributed by atoms with Crippen molar-refractivity contribution in [3.05, 3.63) is 102 Å². The van der Waals surface area contributed by atoms with Gasteiger partial charge in [-0.25, -0.2) is 0 Å². The third-order valence-electron chi connectivity index (χ3n) is 6.72. The van der Waals surface area contributed by atoms with Gasteiger partial charge in [-0.15, -0.1) is 0 Å². The van der Waals surface area contributed by atoms with Crippen LogP contribution in [-0.4, -0.2) is 35.5 Å². The van der Waals surface area contributed by atoms with Gasteiger partial charge in [-0.2, -0.15) is 0 Å². The van der Waals surface area contributed by atoms with Crippen molar-refractivity contribution in [1.29, 1.82) is 0 Å². The van der Waals surface area contributed by atoms with E-state index in [1.807, 2.05) is 60.7 Å². The summed E-state index contributed by atoms with van der Waals surface area (Å²) in [6, 6.07) is 25.0. The number of ketones is 1. The van der Waals surface area contributed by atoms with Crippen LogP contribution in [0, 0.1) is 11.8 Å². The number of hydrogen-bond acceptors (Lipinski definition) is 7. The van der Waals surface area contributed by atoms with Gasteiger partial charge in [0.1, 0.15) is 24.9 Å². The SMILES string of the molecule is COc1ccc([C@@H]2[C@H](C(=O)OCc3ccccc3)C(=O)C[C@](C)(O)[C@@H]2C(=O)OCc2ccccc2)cc1. The lowest BCUT2D eigenvalue weighted by Crippen LogP contribution is -2.55. The molecule has 0 unspecified atom stereocenters. The molecule has 3 aromatic carbocycles. The van der Waals surface area contributed by atoms with Crippen molar-refractivity contribution >= 4 is 17.7 Å². The van der Waals surface area contributed by atoms with Gasteiger partial charge in [-0.3, -0.25) is 14.4 Å². The van der Waals surface area contributed by atoms with Crippen LogP contribution in [0.2, 0.25) is 0 Å². The maximum absolute atomic E-state index is 13.5. The lowest BCUT2D eigenvalue weighted by Gasteiger charge is -2.43. The molecule has 3 aromatic rings. The molecule has 0 saturated heterocycles. The molecule has 1 N–H and O–H groups in total. The summed E-state index contributed by atoms with van der Waals surface area (Å²) in [6.45, 7) is 1.42. The minimum Gasteiger partial charge on any atom is -0.497 e. The van der Waals surface area contributed by atoms with Crippen LogP contribution in [0.3, 0.4) is 0 Å². The normalized spacial score (nSPS) is 23.2. The highest BCUT2D eigenvalue weighted by molar-refractivity contribution is 6.02. The molecule has 0 heterocycles. The number of esters is 2. The topological polar surface area (TPSA) is 99.1 Å². The number of rotatable bonds is 8. The van der Waals surface area contributed by atoms with E-state index in [1.54, 1.807) is 24.3 Å². The van der Waals surface area contributed by atoms with Crippen molar-refractivity contribution in [2.45, 2.75) is 38.1 Å². The minimum absolute atomic E-state index is 0.00134. The number of ether oxygens (including phenoxy) is 3. The first-order valence-electron chi connectivity index (χ1n) is 12.1. The first kappa shape index (κ1) is 26.1. The third kappa shape index (κ3) is 6.06. The first-order chi connectivity index (χ1) is 17.8. The fourth-order valence-electron chi connectivity index (χ4n) is 4.88. The van der Waals surface area contributed by atoms with E-state index in [0.717, 1.165) is 11.1 Å². The Morgan fingerprint density at radius 3 is 1.86 bits per heavy atom. The summed E-state index contributed by atoms with van der Waals surface area (Å²) >= 11 is 0. The fourth-order valence-corrected chi connectivity index (χ4v) is 4.88. The number of hydrogen-bond donors (Lipinski definition) is 1. The molecule has 1 saturated carbocycles. The third-order valence-corrected chi connectivity index (χ3v) is 6.72. The van der Waals surface area contributed by atoms with Crippen LogP contribution in [-0.2, 0) is 37.1 Å². The van der Waals surface area contributed by atoms with E-state index in [0.29, 0.717) is 11.3 Å². The van der Waals surface area contributed by atoms with E-state index in [-0.39, 0.29) is 19.6 Å². The van der Waals surface area contributed by atoms with Crippen molar-refractivity contribution in [3.8, 4) is 5.75 Å². The molecule has 0 aliphatic heterocycles. The smallest absolute Gasteiger partial charge is 0.317 e. The van der Waals surface area contributed by atoms with Crippen LogP contribution in [0.15, 0.2) is 84.9 Å². The largest absolute Gasteiger partial charge is 0.497 e. The highest BCUT2D eigenvalue weighted by atomic mass is 16.5. The molecule has 4 atom stereocenters. The van der Waals surface area contributed by atoms with Gasteiger partial charge in [0.15, 0.2) is 5.78 Å². The fraction of sp³-hybridized carbons (Fsp3) is 0.300. The van der Waals surface area contributed by atoms with Crippen molar-refractivity contribution in [1.82, 2.24) is 0 Å². The summed E-state index contributed by atoms with van der Waals surface area (Å²) in [5.74, 6) is -4.81. The van der Waals surface area contributed by atoms with Crippen LogP contribution < -0.4 is 4.74 Å². The van der Waals surface area contributed by atoms with Crippen LogP contribution >= 0.6 is 0 Å². The van der Waals surface area contributed by atoms with Gasteiger partial charge in [0.05, 0.1) is 18.6 Å². The number of carbonyl (C=O) groups excluding carboxylic acids is 3. The van der Waals surface area contributed by atoms with E-state index in [2.05, 4.69) is 0 Å². The second-order valence-corrected chi connectivity index (χ2v) is 9.44. The molecule has 0 radical (unpaired) electrons. The molecule has 0 bridgehead atoms. The lowest BCUT2D eigenvalue weighted by atomic mass is 9.61. The average molecular weight is 503 g/mol. The van der Waals surface area contributed by atoms with E-state index in [9.17, 15) is 19.5 Å². The molecule has 0 aromatic heterocycles. The van der Waals surface area contributed by atoms with E-state index >= 15 is 0 Å². The van der Waals surface area contributed by atoms with E-state index < -0.39 is 41.1 Å². The Bertz CT molecular complexity index is 1220. The second kappa shape index (κ2) is 11.4. The quantitative estimate of drug-likeness (QED) is 0.364. The molecule has 37 heavy (non-hydrogen) atoms. The Balaban J connectivity index is 1.67. The number of aliphatic hydroxyl groups is 1. The number of benzene rings is 3.